The van der Waals surface area contributed by atoms with Gasteiger partial charge < -0.3 is 14.8 Å². The maximum Gasteiger partial charge on any atom is 0.321 e. The molecule has 2 aliphatic heterocycles. The molecular weight excluding hydrogens is 370 g/mol. The zero-order valence-corrected chi connectivity index (χ0v) is 16.2. The van der Waals surface area contributed by atoms with Gasteiger partial charge in [0.25, 0.3) is 5.56 Å². The van der Waals surface area contributed by atoms with Gasteiger partial charge in [-0.05, 0) is 42.0 Å². The maximum atomic E-state index is 12.8. The number of hydrogen-bond donors (Lipinski definition) is 1. The monoisotopic (exact) mass is 391 g/mol. The number of anilines is 1. The van der Waals surface area contributed by atoms with Crippen LogP contribution in [0.1, 0.15) is 18.0 Å². The molecular formula is C22H21N3O2S. The van der Waals surface area contributed by atoms with Crippen molar-refractivity contribution in [3.63, 3.8) is 0 Å². The summed E-state index contributed by atoms with van der Waals surface area (Å²) in [5.74, 6) is 0.490. The molecule has 0 radical (unpaired) electrons. The van der Waals surface area contributed by atoms with Crippen LogP contribution in [0.15, 0.2) is 64.8 Å². The van der Waals surface area contributed by atoms with E-state index in [1.54, 1.807) is 17.4 Å². The highest BCUT2D eigenvalue weighted by Gasteiger charge is 2.38. The van der Waals surface area contributed by atoms with E-state index in [1.165, 1.54) is 4.88 Å². The number of urea groups is 1. The minimum absolute atomic E-state index is 0.0622. The number of hydrogen-bond acceptors (Lipinski definition) is 3. The molecule has 0 saturated carbocycles. The topological polar surface area (TPSA) is 54.3 Å². The van der Waals surface area contributed by atoms with Gasteiger partial charge in [0.05, 0.1) is 0 Å². The van der Waals surface area contributed by atoms with Gasteiger partial charge in [-0.2, -0.15) is 0 Å². The molecule has 0 aliphatic carbocycles. The Morgan fingerprint density at radius 3 is 2.64 bits per heavy atom. The van der Waals surface area contributed by atoms with Crippen LogP contribution in [0.5, 0.6) is 0 Å². The lowest BCUT2D eigenvalue weighted by Crippen LogP contribution is -2.50. The Kier molecular flexibility index (Phi) is 4.28. The number of aromatic nitrogens is 1. The van der Waals surface area contributed by atoms with Crippen molar-refractivity contribution in [2.45, 2.75) is 18.9 Å². The van der Waals surface area contributed by atoms with Crippen molar-refractivity contribution >= 4 is 23.1 Å². The average molecular weight is 391 g/mol. The summed E-state index contributed by atoms with van der Waals surface area (Å²) in [7, 11) is 0. The van der Waals surface area contributed by atoms with Crippen LogP contribution >= 0.6 is 11.3 Å². The molecule has 2 aliphatic rings. The van der Waals surface area contributed by atoms with Crippen molar-refractivity contribution in [2.24, 2.45) is 5.92 Å². The van der Waals surface area contributed by atoms with Crippen LogP contribution in [-0.2, 0) is 6.54 Å². The van der Waals surface area contributed by atoms with Crippen molar-refractivity contribution in [3.05, 3.63) is 76.0 Å². The first-order chi connectivity index (χ1) is 13.7. The number of nitrogens with one attached hydrogen (secondary N) is 1. The molecule has 2 amide bonds. The van der Waals surface area contributed by atoms with E-state index >= 15 is 0 Å². The molecule has 1 saturated heterocycles. The Hall–Kier alpha value is -2.86. The van der Waals surface area contributed by atoms with Crippen LogP contribution in [0, 0.1) is 5.92 Å². The number of carbonyl (C=O) groups is 1. The average Bonchev–Trinajstić information content (AvgIpc) is 3.24. The summed E-state index contributed by atoms with van der Waals surface area (Å²) in [4.78, 5) is 28.5. The zero-order valence-electron chi connectivity index (χ0n) is 15.4. The van der Waals surface area contributed by atoms with Crippen LogP contribution in [0.4, 0.5) is 10.5 Å². The molecule has 4 heterocycles. The fourth-order valence-corrected chi connectivity index (χ4v) is 5.31. The smallest absolute Gasteiger partial charge is 0.321 e. The molecule has 1 aromatic carbocycles. The number of fused-ring (bicyclic) bond motifs is 4. The first-order valence-corrected chi connectivity index (χ1v) is 10.5. The van der Waals surface area contributed by atoms with Crippen molar-refractivity contribution in [2.75, 3.05) is 18.4 Å². The van der Waals surface area contributed by atoms with E-state index in [2.05, 4.69) is 16.8 Å². The van der Waals surface area contributed by atoms with Gasteiger partial charge >= 0.3 is 6.03 Å². The third-order valence-electron chi connectivity index (χ3n) is 5.69. The standard InChI is InChI=1S/C22H21N3O2S/c26-20-9-8-18(19-7-4-10-28-19)21-16-11-15(13-25(20)21)12-24(14-16)22(27)23-17-5-2-1-3-6-17/h1-10,15-16H,11-14H2,(H,23,27)/t15-,16-/m1/s1. The highest BCUT2D eigenvalue weighted by atomic mass is 32.1. The Bertz CT molecular complexity index is 1060. The fraction of sp³-hybridized carbons (Fsp3) is 0.273. The van der Waals surface area contributed by atoms with Gasteiger partial charge in [-0.1, -0.05) is 24.3 Å². The van der Waals surface area contributed by atoms with Gasteiger partial charge in [-0.3, -0.25) is 4.79 Å². The molecule has 1 N–H and O–H groups in total. The van der Waals surface area contributed by atoms with Gasteiger partial charge in [0.15, 0.2) is 0 Å². The number of thiophene rings is 1. The summed E-state index contributed by atoms with van der Waals surface area (Å²) >= 11 is 1.69. The van der Waals surface area contributed by atoms with E-state index in [1.807, 2.05) is 51.9 Å². The summed E-state index contributed by atoms with van der Waals surface area (Å²) in [5, 5.41) is 5.06. The van der Waals surface area contributed by atoms with Gasteiger partial charge in [0.2, 0.25) is 0 Å². The SMILES string of the molecule is O=C(Nc1ccccc1)N1C[C@H]2C[C@H](C1)c1c(-c3cccs3)ccc(=O)n1C2. The largest absolute Gasteiger partial charge is 0.324 e. The van der Waals surface area contributed by atoms with Crippen LogP contribution in [0.3, 0.4) is 0 Å². The molecule has 2 atom stereocenters. The second-order valence-electron chi connectivity index (χ2n) is 7.56. The minimum atomic E-state index is -0.0645. The van der Waals surface area contributed by atoms with E-state index in [0.717, 1.165) is 23.4 Å². The Balaban J connectivity index is 1.47. The number of piperidine rings is 1. The molecule has 5 rings (SSSR count). The number of amides is 2. The predicted molar refractivity (Wildman–Crippen MR) is 112 cm³/mol. The summed E-state index contributed by atoms with van der Waals surface area (Å²) < 4.78 is 1.94. The van der Waals surface area contributed by atoms with Gasteiger partial charge in [-0.15, -0.1) is 11.3 Å². The van der Waals surface area contributed by atoms with E-state index < -0.39 is 0 Å². The lowest BCUT2D eigenvalue weighted by molar-refractivity contribution is 0.140. The predicted octanol–water partition coefficient (Wildman–Crippen LogP) is 4.23. The van der Waals surface area contributed by atoms with Crippen molar-refractivity contribution in [1.29, 1.82) is 0 Å². The summed E-state index contributed by atoms with van der Waals surface area (Å²) in [6.45, 7) is 2.00. The Morgan fingerprint density at radius 2 is 1.86 bits per heavy atom. The van der Waals surface area contributed by atoms with E-state index in [0.29, 0.717) is 25.6 Å². The van der Waals surface area contributed by atoms with Gasteiger partial charge in [0, 0.05) is 53.4 Å². The number of carbonyl (C=O) groups excluding carboxylic acids is 1. The summed E-state index contributed by atoms with van der Waals surface area (Å²) in [6, 6.07) is 17.2. The van der Waals surface area contributed by atoms with Crippen LogP contribution < -0.4 is 10.9 Å². The van der Waals surface area contributed by atoms with E-state index in [9.17, 15) is 9.59 Å². The Morgan fingerprint density at radius 1 is 1.00 bits per heavy atom. The molecule has 3 aromatic rings. The van der Waals surface area contributed by atoms with Crippen LogP contribution in [-0.4, -0.2) is 28.6 Å². The molecule has 6 heteroatoms. The van der Waals surface area contributed by atoms with Crippen molar-refractivity contribution < 1.29 is 4.79 Å². The second kappa shape index (κ2) is 6.95. The Labute approximate surface area is 167 Å². The van der Waals surface area contributed by atoms with E-state index in [4.69, 9.17) is 0 Å². The number of likely N-dealkylation sites (tertiary alicyclic amines) is 1. The third-order valence-corrected chi connectivity index (χ3v) is 6.59. The lowest BCUT2D eigenvalue weighted by atomic mass is 9.81. The van der Waals surface area contributed by atoms with Gasteiger partial charge in [-0.25, -0.2) is 4.79 Å². The molecule has 0 spiro atoms. The van der Waals surface area contributed by atoms with Crippen molar-refractivity contribution in [1.82, 2.24) is 9.47 Å². The summed E-state index contributed by atoms with van der Waals surface area (Å²) in [5.41, 5.74) is 3.08. The van der Waals surface area contributed by atoms with E-state index in [-0.39, 0.29) is 17.5 Å². The number of benzene rings is 1. The molecule has 142 valence electrons. The normalized spacial score (nSPS) is 20.5. The molecule has 5 nitrogen and oxygen atoms in total. The highest BCUT2D eigenvalue weighted by Crippen LogP contribution is 2.40. The lowest BCUT2D eigenvalue weighted by Gasteiger charge is -2.43. The number of pyridine rings is 1. The second-order valence-corrected chi connectivity index (χ2v) is 8.51. The number of nitrogens with zero attached hydrogens (tertiary/aromatic N) is 2. The quantitative estimate of drug-likeness (QED) is 0.711. The molecule has 1 fully saturated rings. The van der Waals surface area contributed by atoms with Crippen LogP contribution in [0.2, 0.25) is 0 Å². The summed E-state index contributed by atoms with van der Waals surface area (Å²) in [6.07, 6.45) is 1.02. The van der Waals surface area contributed by atoms with Crippen molar-refractivity contribution in [3.8, 4) is 10.4 Å². The highest BCUT2D eigenvalue weighted by molar-refractivity contribution is 7.13. The first-order valence-electron chi connectivity index (χ1n) is 9.57. The number of rotatable bonds is 2. The molecule has 2 aromatic heterocycles. The van der Waals surface area contributed by atoms with Gasteiger partial charge in [0.1, 0.15) is 0 Å². The minimum Gasteiger partial charge on any atom is -0.324 e. The maximum absolute atomic E-state index is 12.8. The van der Waals surface area contributed by atoms with Crippen LogP contribution in [0.25, 0.3) is 10.4 Å². The fourth-order valence-electron chi connectivity index (χ4n) is 4.54. The molecule has 28 heavy (non-hydrogen) atoms. The zero-order chi connectivity index (χ0) is 19.1. The number of para-hydroxylation sites is 1. The molecule has 0 unspecified atom stereocenters. The first kappa shape index (κ1) is 17.3. The third kappa shape index (κ3) is 3.03. The molecule has 2 bridgehead atoms.